The summed E-state index contributed by atoms with van der Waals surface area (Å²) in [6, 6.07) is 10.9. The van der Waals surface area contributed by atoms with E-state index in [4.69, 9.17) is 14.5 Å². The molecule has 0 spiro atoms. The maximum Gasteiger partial charge on any atom is 0.144 e. The summed E-state index contributed by atoms with van der Waals surface area (Å²) in [5.41, 5.74) is 3.34. The van der Waals surface area contributed by atoms with E-state index in [0.29, 0.717) is 6.61 Å². The molecule has 0 aliphatic carbocycles. The first-order valence-electron chi connectivity index (χ1n) is 15.0. The van der Waals surface area contributed by atoms with Gasteiger partial charge in [-0.25, -0.2) is 4.98 Å². The van der Waals surface area contributed by atoms with E-state index in [1.165, 1.54) is 41.2 Å². The number of likely N-dealkylation sites (tertiary alicyclic amines) is 1. The number of aryl methyl sites for hydroxylation is 1. The van der Waals surface area contributed by atoms with E-state index in [1.807, 2.05) is 35.7 Å². The minimum atomic E-state index is 0.660. The highest BCUT2D eigenvalue weighted by Gasteiger charge is 2.21. The van der Waals surface area contributed by atoms with Crippen molar-refractivity contribution in [2.24, 2.45) is 0 Å². The molecular formula is C32H49N5O2S2. The van der Waals surface area contributed by atoms with Gasteiger partial charge >= 0.3 is 0 Å². The van der Waals surface area contributed by atoms with Crippen LogP contribution in [0.15, 0.2) is 40.1 Å². The Morgan fingerprint density at radius 2 is 1.66 bits per heavy atom. The number of benzene rings is 2. The van der Waals surface area contributed by atoms with Crippen molar-refractivity contribution in [2.45, 2.75) is 48.9 Å². The van der Waals surface area contributed by atoms with E-state index in [1.54, 1.807) is 7.11 Å². The van der Waals surface area contributed by atoms with Crippen molar-refractivity contribution in [1.82, 2.24) is 24.3 Å². The Hall–Kier alpha value is -1.91. The highest BCUT2D eigenvalue weighted by Crippen LogP contribution is 2.39. The Balaban J connectivity index is 1.75. The fourth-order valence-electron chi connectivity index (χ4n) is 5.02. The van der Waals surface area contributed by atoms with Crippen LogP contribution in [0.5, 0.6) is 11.5 Å². The monoisotopic (exact) mass is 599 g/mol. The molecule has 1 aliphatic heterocycles. The van der Waals surface area contributed by atoms with Crippen LogP contribution in [0.4, 0.5) is 0 Å². The summed E-state index contributed by atoms with van der Waals surface area (Å²) in [5, 5.41) is 0. The van der Waals surface area contributed by atoms with Crippen LogP contribution in [0.3, 0.4) is 0 Å². The second-order valence-electron chi connectivity index (χ2n) is 11.3. The summed E-state index contributed by atoms with van der Waals surface area (Å²) in [4.78, 5) is 14.9. The zero-order valence-corrected chi connectivity index (χ0v) is 27.6. The zero-order valence-electron chi connectivity index (χ0n) is 25.9. The molecule has 0 radical (unpaired) electrons. The van der Waals surface area contributed by atoms with Gasteiger partial charge in [-0.3, -0.25) is 4.90 Å². The first-order chi connectivity index (χ1) is 19.9. The van der Waals surface area contributed by atoms with Crippen molar-refractivity contribution in [3.8, 4) is 22.9 Å². The van der Waals surface area contributed by atoms with Crippen molar-refractivity contribution < 1.29 is 9.47 Å². The third-order valence-electron chi connectivity index (χ3n) is 7.42. The largest absolute Gasteiger partial charge is 0.497 e. The van der Waals surface area contributed by atoms with Crippen molar-refractivity contribution in [1.29, 1.82) is 0 Å². The topological polar surface area (TPSA) is 46.0 Å². The molecule has 2 heterocycles. The molecule has 0 unspecified atom stereocenters. The second kappa shape index (κ2) is 16.1. The maximum absolute atomic E-state index is 6.48. The molecule has 0 atom stereocenters. The molecule has 2 aromatic carbocycles. The smallest absolute Gasteiger partial charge is 0.144 e. The first-order valence-corrected chi connectivity index (χ1v) is 17.0. The average molecular weight is 600 g/mol. The van der Waals surface area contributed by atoms with Crippen LogP contribution in [0.1, 0.15) is 32.6 Å². The molecule has 1 aliphatic rings. The normalized spacial score (nSPS) is 14.1. The number of methoxy groups -OCH3 is 1. The molecule has 41 heavy (non-hydrogen) atoms. The van der Waals surface area contributed by atoms with Gasteiger partial charge in [0.2, 0.25) is 0 Å². The standard InChI is InChI=1S/C32H49N5O2S2/c1-7-8-15-37-28-23-26(40-20-17-34(2)3)24-30(41-21-18-35(4)5)31(28)33-32(37)27-12-11-25(38-6)22-29(27)39-19-16-36-13-9-10-14-36/h11-12,22-24H,7-10,13-21H2,1-6H3. The van der Waals surface area contributed by atoms with Crippen LogP contribution < -0.4 is 9.47 Å². The van der Waals surface area contributed by atoms with Gasteiger partial charge in [0.15, 0.2) is 0 Å². The van der Waals surface area contributed by atoms with Gasteiger partial charge in [0.05, 0.1) is 18.2 Å². The van der Waals surface area contributed by atoms with Crippen LogP contribution in [0.2, 0.25) is 0 Å². The fraction of sp³-hybridized carbons (Fsp3) is 0.594. The average Bonchev–Trinajstić information content (AvgIpc) is 3.59. The van der Waals surface area contributed by atoms with Gasteiger partial charge < -0.3 is 23.8 Å². The van der Waals surface area contributed by atoms with Gasteiger partial charge in [-0.15, -0.1) is 23.5 Å². The van der Waals surface area contributed by atoms with Crippen LogP contribution in [0.25, 0.3) is 22.4 Å². The van der Waals surface area contributed by atoms with Gasteiger partial charge in [-0.05, 0) is 84.8 Å². The Labute approximate surface area is 255 Å². The van der Waals surface area contributed by atoms with E-state index in [0.717, 1.165) is 78.9 Å². The molecule has 0 amide bonds. The quantitative estimate of drug-likeness (QED) is 0.168. The lowest BCUT2D eigenvalue weighted by Crippen LogP contribution is -2.25. The highest BCUT2D eigenvalue weighted by molar-refractivity contribution is 8.00. The van der Waals surface area contributed by atoms with Crippen LogP contribution in [0, 0.1) is 0 Å². The van der Waals surface area contributed by atoms with Crippen molar-refractivity contribution >= 4 is 34.6 Å². The third kappa shape index (κ3) is 9.04. The number of fused-ring (bicyclic) bond motifs is 1. The Bertz CT molecular complexity index is 1240. The number of nitrogens with zero attached hydrogens (tertiary/aromatic N) is 5. The zero-order chi connectivity index (χ0) is 29.2. The molecule has 0 N–H and O–H groups in total. The first kappa shape index (κ1) is 32.0. The summed E-state index contributed by atoms with van der Waals surface area (Å²) in [6.45, 7) is 9.21. The number of hydrogen-bond acceptors (Lipinski definition) is 8. The molecule has 4 rings (SSSR count). The van der Waals surface area contributed by atoms with Crippen molar-refractivity contribution in [2.75, 3.05) is 86.1 Å². The van der Waals surface area contributed by atoms with E-state index in [2.05, 4.69) is 72.6 Å². The minimum absolute atomic E-state index is 0.660. The predicted octanol–water partition coefficient (Wildman–Crippen LogP) is 6.29. The lowest BCUT2D eigenvalue weighted by Gasteiger charge is -2.18. The molecule has 0 saturated carbocycles. The van der Waals surface area contributed by atoms with Gasteiger partial charge in [0.25, 0.3) is 0 Å². The number of hydrogen-bond donors (Lipinski definition) is 0. The van der Waals surface area contributed by atoms with E-state index in [-0.39, 0.29) is 0 Å². The molecule has 9 heteroatoms. The summed E-state index contributed by atoms with van der Waals surface area (Å²) in [7, 11) is 10.3. The molecule has 1 saturated heterocycles. The second-order valence-corrected chi connectivity index (χ2v) is 13.6. The maximum atomic E-state index is 6.48. The molecule has 1 aromatic heterocycles. The molecule has 0 bridgehead atoms. The van der Waals surface area contributed by atoms with Crippen LogP contribution in [-0.2, 0) is 6.54 Å². The number of imidazole rings is 1. The summed E-state index contributed by atoms with van der Waals surface area (Å²) in [5.74, 6) is 4.72. The number of unbranched alkanes of at least 4 members (excludes halogenated alkanes) is 1. The summed E-state index contributed by atoms with van der Waals surface area (Å²) in [6.07, 6.45) is 4.80. The third-order valence-corrected chi connectivity index (χ3v) is 9.39. The number of ether oxygens (including phenoxy) is 2. The van der Waals surface area contributed by atoms with E-state index >= 15 is 0 Å². The SMILES string of the molecule is CCCCn1c(-c2ccc(OC)cc2OCCN2CCCC2)nc2c(SCCN(C)C)cc(SCCN(C)C)cc21. The Morgan fingerprint density at radius 3 is 2.34 bits per heavy atom. The van der Waals surface area contributed by atoms with Gasteiger partial charge in [-0.2, -0.15) is 0 Å². The van der Waals surface area contributed by atoms with E-state index in [9.17, 15) is 0 Å². The number of aromatic nitrogens is 2. The molecule has 1 fully saturated rings. The van der Waals surface area contributed by atoms with Crippen molar-refractivity contribution in [3.05, 3.63) is 30.3 Å². The Morgan fingerprint density at radius 1 is 0.927 bits per heavy atom. The van der Waals surface area contributed by atoms with Gasteiger partial charge in [0.1, 0.15) is 29.4 Å². The molecule has 7 nitrogen and oxygen atoms in total. The summed E-state index contributed by atoms with van der Waals surface area (Å²) >= 11 is 3.85. The number of rotatable bonds is 17. The highest BCUT2D eigenvalue weighted by atomic mass is 32.2. The minimum Gasteiger partial charge on any atom is -0.497 e. The fourth-order valence-corrected chi connectivity index (χ4v) is 7.35. The molecule has 3 aromatic rings. The molecular weight excluding hydrogens is 551 g/mol. The predicted molar refractivity (Wildman–Crippen MR) is 176 cm³/mol. The van der Waals surface area contributed by atoms with Crippen LogP contribution in [-0.4, -0.2) is 110 Å². The van der Waals surface area contributed by atoms with E-state index < -0.39 is 0 Å². The van der Waals surface area contributed by atoms with Gasteiger partial charge in [-0.1, -0.05) is 13.3 Å². The molecule has 226 valence electrons. The Kier molecular flexibility index (Phi) is 12.6. The lowest BCUT2D eigenvalue weighted by molar-refractivity contribution is 0.237. The van der Waals surface area contributed by atoms with Crippen LogP contribution >= 0.6 is 23.5 Å². The summed E-state index contributed by atoms with van der Waals surface area (Å²) < 4.78 is 14.5. The number of thioether (sulfide) groups is 2. The van der Waals surface area contributed by atoms with Gasteiger partial charge in [0, 0.05) is 53.5 Å². The van der Waals surface area contributed by atoms with Crippen molar-refractivity contribution in [3.63, 3.8) is 0 Å². The lowest BCUT2D eigenvalue weighted by atomic mass is 10.1.